The predicted octanol–water partition coefficient (Wildman–Crippen LogP) is -0.359. The van der Waals surface area contributed by atoms with Crippen LogP contribution in [0.5, 0.6) is 0 Å². The summed E-state index contributed by atoms with van der Waals surface area (Å²) in [5.74, 6) is -1.28. The molecule has 0 saturated carbocycles. The van der Waals surface area contributed by atoms with Crippen LogP contribution in [0.25, 0.3) is 0 Å². The summed E-state index contributed by atoms with van der Waals surface area (Å²) in [6.07, 6.45) is 0. The zero-order valence-electron chi connectivity index (χ0n) is 6.67. The van der Waals surface area contributed by atoms with Gasteiger partial charge in [-0.25, -0.2) is 0 Å². The second kappa shape index (κ2) is 7.27. The van der Waals surface area contributed by atoms with Crippen molar-refractivity contribution in [3.05, 3.63) is 0 Å². The zero-order chi connectivity index (χ0) is 11.6. The molecule has 11 heteroatoms. The molecule has 0 rings (SSSR count). The molecular weight excluding hydrogens is 391 g/mol. The molecule has 6 nitrogen and oxygen atoms in total. The van der Waals surface area contributed by atoms with Crippen LogP contribution in [0.2, 0.25) is 0 Å². The molecule has 0 fully saturated rings. The van der Waals surface area contributed by atoms with E-state index in [0.717, 1.165) is 0 Å². The third-order valence-corrected chi connectivity index (χ3v) is 6.18. The van der Waals surface area contributed by atoms with Crippen molar-refractivity contribution < 1.29 is 25.9 Å². The van der Waals surface area contributed by atoms with Gasteiger partial charge in [0.1, 0.15) is 0 Å². The van der Waals surface area contributed by atoms with Crippen molar-refractivity contribution in [3.63, 3.8) is 0 Å². The van der Waals surface area contributed by atoms with Gasteiger partial charge in [0, 0.05) is 9.65 Å². The van der Waals surface area contributed by atoms with Crippen molar-refractivity contribution in [3.8, 4) is 0 Å². The van der Waals surface area contributed by atoms with Crippen molar-refractivity contribution in [2.45, 2.75) is 9.65 Å². The molecule has 0 radical (unpaired) electrons. The van der Waals surface area contributed by atoms with E-state index in [1.54, 1.807) is 0 Å². The van der Waals surface area contributed by atoms with E-state index in [9.17, 15) is 16.8 Å². The van der Waals surface area contributed by atoms with Crippen molar-refractivity contribution in [1.82, 2.24) is 0 Å². The van der Waals surface area contributed by atoms with E-state index in [1.165, 1.54) is 0 Å². The van der Waals surface area contributed by atoms with E-state index >= 15 is 0 Å². The number of rotatable bonds is 5. The molecule has 0 heterocycles. The third kappa shape index (κ3) is 12.0. The predicted molar refractivity (Wildman–Crippen MR) is 65.4 cm³/mol. The van der Waals surface area contributed by atoms with Crippen LogP contribution in [0.1, 0.15) is 0 Å². The van der Waals surface area contributed by atoms with Crippen LogP contribution in [0.3, 0.4) is 0 Å². The van der Waals surface area contributed by atoms with E-state index in [2.05, 4.69) is 31.9 Å². The normalized spacial score (nSPS) is 16.5. The van der Waals surface area contributed by atoms with Gasteiger partial charge in [-0.15, -0.1) is 0 Å². The fourth-order valence-corrected chi connectivity index (χ4v) is 4.75. The number of halogens is 2. The SMILES string of the molecule is O=S(=O)(O)CC(Br)C(Br)CS(=O)(=O)O.[NaH]. The van der Waals surface area contributed by atoms with Crippen LogP contribution in [0, 0.1) is 0 Å². The fourth-order valence-electron chi connectivity index (χ4n) is 0.611. The molecule has 2 unspecified atom stereocenters. The van der Waals surface area contributed by atoms with Crippen LogP contribution in [0.15, 0.2) is 0 Å². The Morgan fingerprint density at radius 3 is 1.20 bits per heavy atom. The molecule has 0 aromatic carbocycles. The molecule has 0 aromatic heterocycles. The van der Waals surface area contributed by atoms with Gasteiger partial charge in [0.15, 0.2) is 0 Å². The Balaban J connectivity index is 0. The van der Waals surface area contributed by atoms with Crippen LogP contribution < -0.4 is 0 Å². The summed E-state index contributed by atoms with van der Waals surface area (Å²) in [6, 6.07) is 0. The summed E-state index contributed by atoms with van der Waals surface area (Å²) < 4.78 is 58.5. The Morgan fingerprint density at radius 1 is 0.867 bits per heavy atom. The molecule has 0 aromatic rings. The molecule has 0 spiro atoms. The topological polar surface area (TPSA) is 109 Å². The first-order chi connectivity index (χ1) is 6.01. The van der Waals surface area contributed by atoms with Crippen molar-refractivity contribution in [2.24, 2.45) is 0 Å². The summed E-state index contributed by atoms with van der Waals surface area (Å²) in [5.41, 5.74) is 0. The standard InChI is InChI=1S/C4H8Br2O6S2.Na.H/c5-3(1-13(7,8)9)4(6)2-14(10,11)12;;/h3-4H,1-2H2,(H,7,8,9)(H,10,11,12);;. The van der Waals surface area contributed by atoms with E-state index < -0.39 is 41.4 Å². The number of hydrogen-bond acceptors (Lipinski definition) is 4. The molecule has 0 aliphatic heterocycles. The second-order valence-corrected chi connectivity index (χ2v) is 7.88. The Bertz CT molecular complexity index is 340. The van der Waals surface area contributed by atoms with Gasteiger partial charge < -0.3 is 0 Å². The maximum atomic E-state index is 10.4. The number of alkyl halides is 2. The minimum absolute atomic E-state index is 0. The average Bonchev–Trinajstić information content (AvgIpc) is 1.78. The molecule has 0 aliphatic carbocycles. The van der Waals surface area contributed by atoms with E-state index in [1.807, 2.05) is 0 Å². The summed E-state index contributed by atoms with van der Waals surface area (Å²) >= 11 is 5.74. The van der Waals surface area contributed by atoms with Gasteiger partial charge in [0.05, 0.1) is 11.5 Å². The van der Waals surface area contributed by atoms with Crippen molar-refractivity contribution in [1.29, 1.82) is 0 Å². The monoisotopic (exact) mass is 398 g/mol. The van der Waals surface area contributed by atoms with Crippen LogP contribution in [0.4, 0.5) is 0 Å². The molecule has 88 valence electrons. The second-order valence-electron chi connectivity index (χ2n) is 2.53. The van der Waals surface area contributed by atoms with Crippen LogP contribution >= 0.6 is 31.9 Å². The minimum atomic E-state index is -4.18. The summed E-state index contributed by atoms with van der Waals surface area (Å²) in [4.78, 5) is -1.61. The van der Waals surface area contributed by atoms with Crippen LogP contribution in [-0.2, 0) is 20.2 Å². The molecule has 0 saturated heterocycles. The first-order valence-corrected chi connectivity index (χ1v) is 8.25. The first-order valence-electron chi connectivity index (χ1n) is 3.20. The Labute approximate surface area is 127 Å². The quantitative estimate of drug-likeness (QED) is 0.371. The average molecular weight is 400 g/mol. The van der Waals surface area contributed by atoms with Crippen LogP contribution in [-0.4, -0.2) is 76.7 Å². The van der Waals surface area contributed by atoms with Gasteiger partial charge in [0.2, 0.25) is 0 Å². The van der Waals surface area contributed by atoms with E-state index in [-0.39, 0.29) is 29.6 Å². The van der Waals surface area contributed by atoms with Crippen molar-refractivity contribution in [2.75, 3.05) is 11.5 Å². The Hall–Kier alpha value is 1.78. The van der Waals surface area contributed by atoms with Gasteiger partial charge >= 0.3 is 29.6 Å². The molecule has 0 aliphatic rings. The van der Waals surface area contributed by atoms with Gasteiger partial charge in [-0.05, 0) is 0 Å². The summed E-state index contributed by atoms with van der Waals surface area (Å²) in [7, 11) is -8.35. The maximum absolute atomic E-state index is 10.4. The van der Waals surface area contributed by atoms with Gasteiger partial charge in [-0.3, -0.25) is 9.11 Å². The molecule has 2 atom stereocenters. The zero-order valence-corrected chi connectivity index (χ0v) is 11.5. The first kappa shape index (κ1) is 19.1. The Kier molecular flexibility index (Phi) is 9.27. The van der Waals surface area contributed by atoms with E-state index in [4.69, 9.17) is 9.11 Å². The Morgan fingerprint density at radius 2 is 1.07 bits per heavy atom. The van der Waals surface area contributed by atoms with Gasteiger partial charge in [0.25, 0.3) is 20.2 Å². The summed E-state index contributed by atoms with van der Waals surface area (Å²) in [6.45, 7) is 0. The molecule has 2 N–H and O–H groups in total. The van der Waals surface area contributed by atoms with Crippen molar-refractivity contribution >= 4 is 81.7 Å². The molecular formula is C4H9Br2NaO6S2. The van der Waals surface area contributed by atoms with E-state index in [0.29, 0.717) is 0 Å². The summed E-state index contributed by atoms with van der Waals surface area (Å²) in [5, 5.41) is 0. The molecule has 0 amide bonds. The molecule has 15 heavy (non-hydrogen) atoms. The van der Waals surface area contributed by atoms with Gasteiger partial charge in [-0.1, -0.05) is 31.9 Å². The number of hydrogen-bond donors (Lipinski definition) is 2. The van der Waals surface area contributed by atoms with Gasteiger partial charge in [-0.2, -0.15) is 16.8 Å². The molecule has 0 bridgehead atoms. The third-order valence-electron chi connectivity index (χ3n) is 1.13. The fraction of sp³-hybridized carbons (Fsp3) is 1.00.